The second kappa shape index (κ2) is 7.14. The van der Waals surface area contributed by atoms with Crippen molar-refractivity contribution in [3.05, 3.63) is 69.2 Å². The van der Waals surface area contributed by atoms with Crippen molar-refractivity contribution < 1.29 is 4.79 Å². The Labute approximate surface area is 166 Å². The van der Waals surface area contributed by atoms with Gasteiger partial charge in [0.25, 0.3) is 5.91 Å². The average molecular weight is 433 g/mol. The summed E-state index contributed by atoms with van der Waals surface area (Å²) in [7, 11) is 0. The van der Waals surface area contributed by atoms with E-state index in [9.17, 15) is 4.79 Å². The van der Waals surface area contributed by atoms with Crippen molar-refractivity contribution in [2.75, 3.05) is 13.1 Å². The standard InChI is InChI=1S/C20H19BrClN3O/c21-16-5-3-15(4-6-16)18-19(26)24-20(23-18)9-11-25(12-10-20)13-14-1-7-17(22)8-2-14/h1-8H,9-13H2,(H,24,26). The summed E-state index contributed by atoms with van der Waals surface area (Å²) in [5, 5.41) is 3.88. The topological polar surface area (TPSA) is 44.7 Å². The molecule has 4 rings (SSSR count). The Balaban J connectivity index is 1.44. The molecule has 1 N–H and O–H groups in total. The SMILES string of the molecule is O=C1NC2(CCN(Cc3ccc(Cl)cc3)CC2)N=C1c1ccc(Br)cc1. The molecule has 134 valence electrons. The molecule has 0 atom stereocenters. The quantitative estimate of drug-likeness (QED) is 0.796. The van der Waals surface area contributed by atoms with Crippen molar-refractivity contribution in [3.8, 4) is 0 Å². The number of carbonyl (C=O) groups excluding carboxylic acids is 1. The Bertz CT molecular complexity index is 840. The van der Waals surface area contributed by atoms with E-state index in [1.54, 1.807) is 0 Å². The molecule has 0 unspecified atom stereocenters. The fourth-order valence-electron chi connectivity index (χ4n) is 3.53. The largest absolute Gasteiger partial charge is 0.326 e. The Hall–Kier alpha value is -1.69. The van der Waals surface area contributed by atoms with E-state index in [0.29, 0.717) is 5.71 Å². The molecule has 0 radical (unpaired) electrons. The number of piperidine rings is 1. The molecular formula is C20H19BrClN3O. The predicted octanol–water partition coefficient (Wildman–Crippen LogP) is 4.01. The molecule has 0 saturated carbocycles. The second-order valence-corrected chi connectivity index (χ2v) is 8.21. The molecule has 26 heavy (non-hydrogen) atoms. The van der Waals surface area contributed by atoms with Gasteiger partial charge in [0.15, 0.2) is 0 Å². The molecule has 2 heterocycles. The van der Waals surface area contributed by atoms with Crippen LogP contribution in [0, 0.1) is 0 Å². The molecule has 1 spiro atoms. The van der Waals surface area contributed by atoms with E-state index in [1.807, 2.05) is 36.4 Å². The summed E-state index contributed by atoms with van der Waals surface area (Å²) in [6.07, 6.45) is 1.65. The molecule has 2 aromatic carbocycles. The molecule has 1 amide bonds. The van der Waals surface area contributed by atoms with Crippen molar-refractivity contribution in [2.45, 2.75) is 25.0 Å². The highest BCUT2D eigenvalue weighted by Gasteiger charge is 2.41. The lowest BCUT2D eigenvalue weighted by molar-refractivity contribution is -0.115. The van der Waals surface area contributed by atoms with Gasteiger partial charge in [-0.25, -0.2) is 0 Å². The minimum Gasteiger partial charge on any atom is -0.326 e. The number of rotatable bonds is 3. The van der Waals surface area contributed by atoms with Crippen LogP contribution in [0.3, 0.4) is 0 Å². The van der Waals surface area contributed by atoms with Gasteiger partial charge in [-0.3, -0.25) is 14.7 Å². The zero-order valence-corrected chi connectivity index (χ0v) is 16.6. The Morgan fingerprint density at radius 1 is 1.08 bits per heavy atom. The van der Waals surface area contributed by atoms with Gasteiger partial charge < -0.3 is 5.32 Å². The number of amides is 1. The van der Waals surface area contributed by atoms with Gasteiger partial charge in [-0.2, -0.15) is 0 Å². The molecule has 0 bridgehead atoms. The van der Waals surface area contributed by atoms with Crippen LogP contribution in [0.15, 0.2) is 58.0 Å². The Kier molecular flexibility index (Phi) is 4.86. The maximum absolute atomic E-state index is 12.5. The lowest BCUT2D eigenvalue weighted by Crippen LogP contribution is -2.50. The molecule has 2 aliphatic rings. The molecule has 0 aromatic heterocycles. The first-order chi connectivity index (χ1) is 12.5. The number of nitrogens with one attached hydrogen (secondary N) is 1. The van der Waals surface area contributed by atoms with E-state index >= 15 is 0 Å². The maximum Gasteiger partial charge on any atom is 0.272 e. The highest BCUT2D eigenvalue weighted by Crippen LogP contribution is 2.29. The zero-order chi connectivity index (χ0) is 18.1. The third-order valence-electron chi connectivity index (χ3n) is 5.01. The zero-order valence-electron chi connectivity index (χ0n) is 14.2. The predicted molar refractivity (Wildman–Crippen MR) is 108 cm³/mol. The summed E-state index contributed by atoms with van der Waals surface area (Å²) >= 11 is 9.38. The number of likely N-dealkylation sites (tertiary alicyclic amines) is 1. The van der Waals surface area contributed by atoms with Crippen LogP contribution in [-0.2, 0) is 11.3 Å². The van der Waals surface area contributed by atoms with Crippen LogP contribution in [0.5, 0.6) is 0 Å². The molecule has 6 heteroatoms. The fraction of sp³-hybridized carbons (Fsp3) is 0.300. The van der Waals surface area contributed by atoms with Crippen LogP contribution in [-0.4, -0.2) is 35.3 Å². The molecule has 2 aliphatic heterocycles. The van der Waals surface area contributed by atoms with E-state index in [1.165, 1.54) is 5.56 Å². The number of benzene rings is 2. The summed E-state index contributed by atoms with van der Waals surface area (Å²) in [5.74, 6) is -0.0709. The average Bonchev–Trinajstić information content (AvgIpc) is 2.96. The molecule has 0 aliphatic carbocycles. The smallest absolute Gasteiger partial charge is 0.272 e. The number of halogens is 2. The highest BCUT2D eigenvalue weighted by molar-refractivity contribution is 9.10. The Morgan fingerprint density at radius 2 is 1.73 bits per heavy atom. The van der Waals surface area contributed by atoms with Gasteiger partial charge in [0.1, 0.15) is 11.4 Å². The van der Waals surface area contributed by atoms with Crippen molar-refractivity contribution >= 4 is 39.1 Å². The molecule has 4 nitrogen and oxygen atoms in total. The lowest BCUT2D eigenvalue weighted by atomic mass is 9.97. The summed E-state index contributed by atoms with van der Waals surface area (Å²) in [6, 6.07) is 15.7. The Morgan fingerprint density at radius 3 is 2.38 bits per heavy atom. The van der Waals surface area contributed by atoms with Crippen molar-refractivity contribution in [2.24, 2.45) is 4.99 Å². The first-order valence-electron chi connectivity index (χ1n) is 8.68. The number of hydrogen-bond acceptors (Lipinski definition) is 3. The minimum atomic E-state index is -0.448. The lowest BCUT2D eigenvalue weighted by Gasteiger charge is -2.37. The van der Waals surface area contributed by atoms with Crippen LogP contribution in [0.4, 0.5) is 0 Å². The minimum absolute atomic E-state index is 0.0709. The van der Waals surface area contributed by atoms with Crippen molar-refractivity contribution in [3.63, 3.8) is 0 Å². The molecule has 2 aromatic rings. The van der Waals surface area contributed by atoms with E-state index < -0.39 is 5.66 Å². The summed E-state index contributed by atoms with van der Waals surface area (Å²) in [4.78, 5) is 19.7. The van der Waals surface area contributed by atoms with Crippen molar-refractivity contribution in [1.29, 1.82) is 0 Å². The third-order valence-corrected chi connectivity index (χ3v) is 5.79. The van der Waals surface area contributed by atoms with Gasteiger partial charge in [0.05, 0.1) is 0 Å². The van der Waals surface area contributed by atoms with Crippen LogP contribution in [0.2, 0.25) is 5.02 Å². The molecular weight excluding hydrogens is 414 g/mol. The number of aliphatic imine (C=N–C) groups is 1. The number of carbonyl (C=O) groups is 1. The van der Waals surface area contributed by atoms with Crippen molar-refractivity contribution in [1.82, 2.24) is 10.2 Å². The van der Waals surface area contributed by atoms with Gasteiger partial charge in [-0.1, -0.05) is 51.8 Å². The van der Waals surface area contributed by atoms with Gasteiger partial charge in [0.2, 0.25) is 0 Å². The van der Waals surface area contributed by atoms with E-state index in [-0.39, 0.29) is 5.91 Å². The first-order valence-corrected chi connectivity index (χ1v) is 9.85. The normalized spacial score (nSPS) is 19.5. The summed E-state index contributed by atoms with van der Waals surface area (Å²) < 4.78 is 0.991. The van der Waals surface area contributed by atoms with Gasteiger partial charge in [-0.15, -0.1) is 0 Å². The van der Waals surface area contributed by atoms with E-state index in [2.05, 4.69) is 38.3 Å². The maximum atomic E-state index is 12.5. The van der Waals surface area contributed by atoms with Gasteiger partial charge >= 0.3 is 0 Å². The summed E-state index contributed by atoms with van der Waals surface area (Å²) in [6.45, 7) is 2.70. The third kappa shape index (κ3) is 3.70. The van der Waals surface area contributed by atoms with Gasteiger partial charge in [-0.05, 0) is 29.8 Å². The molecule has 1 saturated heterocycles. The van der Waals surface area contributed by atoms with Crippen LogP contribution in [0.1, 0.15) is 24.0 Å². The van der Waals surface area contributed by atoms with Crippen LogP contribution in [0.25, 0.3) is 0 Å². The van der Waals surface area contributed by atoms with E-state index in [4.69, 9.17) is 16.6 Å². The molecule has 1 fully saturated rings. The monoisotopic (exact) mass is 431 g/mol. The number of nitrogens with zero attached hydrogens (tertiary/aromatic N) is 2. The van der Waals surface area contributed by atoms with E-state index in [0.717, 1.165) is 47.5 Å². The van der Waals surface area contributed by atoms with Crippen LogP contribution >= 0.6 is 27.5 Å². The van der Waals surface area contributed by atoms with Crippen LogP contribution < -0.4 is 5.32 Å². The summed E-state index contributed by atoms with van der Waals surface area (Å²) in [5.41, 5.74) is 2.21. The number of hydrogen-bond donors (Lipinski definition) is 1. The second-order valence-electron chi connectivity index (χ2n) is 6.86. The first kappa shape index (κ1) is 17.7. The highest BCUT2D eigenvalue weighted by atomic mass is 79.9. The fourth-order valence-corrected chi connectivity index (χ4v) is 3.92. The van der Waals surface area contributed by atoms with Gasteiger partial charge in [0, 0.05) is 47.5 Å².